The molecule has 0 radical (unpaired) electrons. The Morgan fingerprint density at radius 3 is 2.42 bits per heavy atom. The van der Waals surface area contributed by atoms with E-state index < -0.39 is 5.06 Å². The molecule has 140 valence electrons. The molecule has 0 amide bonds. The van der Waals surface area contributed by atoms with Crippen LogP contribution in [-0.2, 0) is 16.2 Å². The molecule has 1 aliphatic heterocycles. The van der Waals surface area contributed by atoms with Crippen molar-refractivity contribution in [3.63, 3.8) is 0 Å². The molecular formula is C22H29ClN2O. The van der Waals surface area contributed by atoms with Gasteiger partial charge in [-0.3, -0.25) is 0 Å². The lowest BCUT2D eigenvalue weighted by Crippen LogP contribution is -2.43. The summed E-state index contributed by atoms with van der Waals surface area (Å²) in [6.07, 6.45) is 1.61. The van der Waals surface area contributed by atoms with Crippen LogP contribution in [0.2, 0.25) is 0 Å². The number of halogens is 1. The van der Waals surface area contributed by atoms with Crippen molar-refractivity contribution in [2.24, 2.45) is 0 Å². The maximum atomic E-state index is 6.85. The van der Waals surface area contributed by atoms with Crippen molar-refractivity contribution in [1.82, 2.24) is 5.32 Å². The van der Waals surface area contributed by atoms with Gasteiger partial charge in [0.1, 0.15) is 0 Å². The summed E-state index contributed by atoms with van der Waals surface area (Å²) in [5, 5.41) is 2.63. The smallest absolute Gasteiger partial charge is 0.167 e. The van der Waals surface area contributed by atoms with Crippen molar-refractivity contribution in [3.05, 3.63) is 65.2 Å². The minimum Gasteiger partial charge on any atom is -0.369 e. The molecule has 3 rings (SSSR count). The molecule has 1 N–H and O–H groups in total. The van der Waals surface area contributed by atoms with E-state index in [2.05, 4.69) is 72.6 Å². The maximum absolute atomic E-state index is 6.85. The van der Waals surface area contributed by atoms with Crippen molar-refractivity contribution in [3.8, 4) is 0 Å². The molecule has 1 atom stereocenters. The molecule has 4 heteroatoms. The van der Waals surface area contributed by atoms with Gasteiger partial charge in [0.15, 0.2) is 5.06 Å². The average molecular weight is 373 g/mol. The van der Waals surface area contributed by atoms with Crippen molar-refractivity contribution < 1.29 is 4.74 Å². The van der Waals surface area contributed by atoms with Gasteiger partial charge in [0.25, 0.3) is 0 Å². The number of nitrogens with zero attached hydrogens (tertiary/aromatic N) is 1. The summed E-state index contributed by atoms with van der Waals surface area (Å²) in [6.45, 7) is 9.00. The monoisotopic (exact) mass is 372 g/mol. The van der Waals surface area contributed by atoms with Crippen LogP contribution in [0.3, 0.4) is 0 Å². The van der Waals surface area contributed by atoms with Gasteiger partial charge in [-0.2, -0.15) is 0 Å². The summed E-state index contributed by atoms with van der Waals surface area (Å²) in [7, 11) is 0. The summed E-state index contributed by atoms with van der Waals surface area (Å²) in [5.74, 6) is 0. The SMILES string of the molecule is CCC(Cl)(OCCc1ccccc1C)c1ccc(N2CCNCC2)cc1. The minimum atomic E-state index is -0.759. The molecular weight excluding hydrogens is 344 g/mol. The zero-order valence-electron chi connectivity index (χ0n) is 15.8. The Balaban J connectivity index is 1.63. The molecule has 1 saturated heterocycles. The molecule has 3 nitrogen and oxygen atoms in total. The molecule has 0 aromatic heterocycles. The molecule has 1 unspecified atom stereocenters. The van der Waals surface area contributed by atoms with Crippen molar-refractivity contribution >= 4 is 17.3 Å². The molecule has 0 bridgehead atoms. The quantitative estimate of drug-likeness (QED) is 0.726. The first-order valence-corrected chi connectivity index (χ1v) is 9.94. The van der Waals surface area contributed by atoms with Crippen molar-refractivity contribution in [2.45, 2.75) is 31.7 Å². The lowest BCUT2D eigenvalue weighted by atomic mass is 10.0. The normalized spacial score (nSPS) is 17.1. The van der Waals surface area contributed by atoms with Gasteiger partial charge in [0.2, 0.25) is 0 Å². The predicted octanol–water partition coefficient (Wildman–Crippen LogP) is 4.47. The molecule has 0 spiro atoms. The van der Waals surface area contributed by atoms with Gasteiger partial charge in [-0.1, -0.05) is 54.9 Å². The van der Waals surface area contributed by atoms with Gasteiger partial charge >= 0.3 is 0 Å². The Morgan fingerprint density at radius 1 is 1.08 bits per heavy atom. The third kappa shape index (κ3) is 4.59. The highest BCUT2D eigenvalue weighted by Crippen LogP contribution is 2.35. The number of anilines is 1. The molecule has 2 aromatic rings. The first kappa shape index (κ1) is 19.2. The Labute approximate surface area is 162 Å². The second-order valence-electron chi connectivity index (χ2n) is 6.89. The molecule has 0 aliphatic carbocycles. The van der Waals surface area contributed by atoms with E-state index in [1.54, 1.807) is 0 Å². The van der Waals surface area contributed by atoms with Gasteiger partial charge in [-0.15, -0.1) is 0 Å². The van der Waals surface area contributed by atoms with Gasteiger partial charge < -0.3 is 15.0 Å². The number of aryl methyl sites for hydroxylation is 1. The number of nitrogens with one attached hydrogen (secondary N) is 1. The fourth-order valence-corrected chi connectivity index (χ4v) is 3.65. The van der Waals surface area contributed by atoms with Crippen LogP contribution in [0, 0.1) is 6.92 Å². The summed E-state index contributed by atoms with van der Waals surface area (Å²) in [6, 6.07) is 17.0. The number of ether oxygens (including phenoxy) is 1. The Hall–Kier alpha value is -1.55. The first-order chi connectivity index (χ1) is 12.6. The zero-order chi connectivity index (χ0) is 18.4. The molecule has 1 aliphatic rings. The van der Waals surface area contributed by atoms with E-state index in [0.29, 0.717) is 6.61 Å². The molecule has 26 heavy (non-hydrogen) atoms. The van der Waals surface area contributed by atoms with Crippen molar-refractivity contribution in [1.29, 1.82) is 0 Å². The van der Waals surface area contributed by atoms with Gasteiger partial charge in [0.05, 0.1) is 6.61 Å². The van der Waals surface area contributed by atoms with Crippen LogP contribution in [0.25, 0.3) is 0 Å². The van der Waals surface area contributed by atoms with Crippen LogP contribution in [0.5, 0.6) is 0 Å². The molecule has 2 aromatic carbocycles. The fraction of sp³-hybridized carbons (Fsp3) is 0.455. The summed E-state index contributed by atoms with van der Waals surface area (Å²) in [5.41, 5.74) is 4.90. The summed E-state index contributed by atoms with van der Waals surface area (Å²) < 4.78 is 6.15. The third-order valence-corrected chi connectivity index (χ3v) is 5.79. The van der Waals surface area contributed by atoms with E-state index in [1.807, 2.05) is 0 Å². The van der Waals surface area contributed by atoms with E-state index in [9.17, 15) is 0 Å². The minimum absolute atomic E-state index is 0.613. The molecule has 1 fully saturated rings. The van der Waals surface area contributed by atoms with Crippen LogP contribution >= 0.6 is 11.6 Å². The largest absolute Gasteiger partial charge is 0.369 e. The van der Waals surface area contributed by atoms with E-state index >= 15 is 0 Å². The first-order valence-electron chi connectivity index (χ1n) is 9.56. The number of hydrogen-bond donors (Lipinski definition) is 1. The van der Waals surface area contributed by atoms with E-state index in [-0.39, 0.29) is 0 Å². The average Bonchev–Trinajstić information content (AvgIpc) is 2.70. The van der Waals surface area contributed by atoms with Crippen LogP contribution in [0.1, 0.15) is 30.0 Å². The van der Waals surface area contributed by atoms with Crippen LogP contribution in [0.15, 0.2) is 48.5 Å². The fourth-order valence-electron chi connectivity index (χ4n) is 3.45. The summed E-state index contributed by atoms with van der Waals surface area (Å²) in [4.78, 5) is 2.40. The second-order valence-corrected chi connectivity index (χ2v) is 7.50. The van der Waals surface area contributed by atoms with Crippen LogP contribution < -0.4 is 10.2 Å². The molecule has 0 saturated carbocycles. The zero-order valence-corrected chi connectivity index (χ0v) is 16.6. The van der Waals surface area contributed by atoms with E-state index in [0.717, 1.165) is 44.6 Å². The lowest BCUT2D eigenvalue weighted by molar-refractivity contribution is 0.0151. The number of alkyl halides is 1. The van der Waals surface area contributed by atoms with Gasteiger partial charge in [-0.05, 0) is 48.6 Å². The third-order valence-electron chi connectivity index (χ3n) is 5.20. The van der Waals surface area contributed by atoms with E-state index in [4.69, 9.17) is 16.3 Å². The van der Waals surface area contributed by atoms with Gasteiger partial charge in [0, 0.05) is 31.9 Å². The van der Waals surface area contributed by atoms with E-state index in [1.165, 1.54) is 16.8 Å². The standard InChI is InChI=1S/C22H29ClN2O/c1-3-22(23,26-17-12-19-7-5-4-6-18(19)2)20-8-10-21(11-9-20)25-15-13-24-14-16-25/h4-11,24H,3,12-17H2,1-2H3. The molecule has 1 heterocycles. The van der Waals surface area contributed by atoms with Gasteiger partial charge in [-0.25, -0.2) is 0 Å². The Bertz CT molecular complexity index is 698. The number of benzene rings is 2. The van der Waals surface area contributed by atoms with Crippen LogP contribution in [0.4, 0.5) is 5.69 Å². The topological polar surface area (TPSA) is 24.5 Å². The highest BCUT2D eigenvalue weighted by atomic mass is 35.5. The number of hydrogen-bond acceptors (Lipinski definition) is 3. The highest BCUT2D eigenvalue weighted by molar-refractivity contribution is 6.23. The summed E-state index contributed by atoms with van der Waals surface area (Å²) >= 11 is 6.85. The van der Waals surface area contributed by atoms with Crippen molar-refractivity contribution in [2.75, 3.05) is 37.7 Å². The Morgan fingerprint density at radius 2 is 1.77 bits per heavy atom. The highest BCUT2D eigenvalue weighted by Gasteiger charge is 2.28. The number of piperazine rings is 1. The lowest BCUT2D eigenvalue weighted by Gasteiger charge is -2.31. The number of rotatable bonds is 7. The maximum Gasteiger partial charge on any atom is 0.167 e. The second kappa shape index (κ2) is 8.90. The van der Waals surface area contributed by atoms with Crippen LogP contribution in [-0.4, -0.2) is 32.8 Å². The predicted molar refractivity (Wildman–Crippen MR) is 110 cm³/mol. The Kier molecular flexibility index (Phi) is 6.58.